The number of aryl methyl sites for hydroxylation is 4. The second kappa shape index (κ2) is 13.7. The van der Waals surface area contributed by atoms with Crippen LogP contribution < -0.4 is 9.47 Å². The summed E-state index contributed by atoms with van der Waals surface area (Å²) in [5, 5.41) is 1.71. The maximum absolute atomic E-state index is 12.4. The van der Waals surface area contributed by atoms with Gasteiger partial charge < -0.3 is 9.47 Å². The minimum Gasteiger partial charge on any atom is -0.423 e. The van der Waals surface area contributed by atoms with E-state index in [0.717, 1.165) is 21.9 Å². The van der Waals surface area contributed by atoms with Gasteiger partial charge in [-0.15, -0.1) is 0 Å². The topological polar surface area (TPSA) is 52.6 Å². The largest absolute Gasteiger partial charge is 0.423 e. The Labute approximate surface area is 258 Å². The summed E-state index contributed by atoms with van der Waals surface area (Å²) in [6.45, 7) is 8.16. The number of rotatable bonds is 5. The molecule has 0 aromatic heterocycles. The van der Waals surface area contributed by atoms with Gasteiger partial charge in [0.15, 0.2) is 0 Å². The number of benzene rings is 6. The van der Waals surface area contributed by atoms with E-state index in [2.05, 4.69) is 62.4 Å². The zero-order chi connectivity index (χ0) is 31.1. The van der Waals surface area contributed by atoms with E-state index in [9.17, 15) is 9.59 Å². The van der Waals surface area contributed by atoms with E-state index in [1.54, 1.807) is 48.5 Å². The molecule has 0 aliphatic heterocycles. The van der Waals surface area contributed by atoms with Gasteiger partial charge in [-0.3, -0.25) is 0 Å². The van der Waals surface area contributed by atoms with Crippen LogP contribution >= 0.6 is 0 Å². The van der Waals surface area contributed by atoms with Crippen LogP contribution in [0.3, 0.4) is 0 Å². The molecule has 6 rings (SSSR count). The first-order chi connectivity index (χ1) is 21.2. The third kappa shape index (κ3) is 7.87. The van der Waals surface area contributed by atoms with Crippen molar-refractivity contribution in [3.8, 4) is 22.6 Å². The molecule has 0 aliphatic rings. The minimum atomic E-state index is -0.421. The quantitative estimate of drug-likeness (QED) is 0.151. The molecule has 0 fully saturated rings. The van der Waals surface area contributed by atoms with Crippen molar-refractivity contribution in [1.82, 2.24) is 0 Å². The molecule has 0 aliphatic carbocycles. The highest BCUT2D eigenvalue weighted by molar-refractivity contribution is 5.97. The molecule has 0 spiro atoms. The molecule has 0 amide bonds. The van der Waals surface area contributed by atoms with Gasteiger partial charge in [0.1, 0.15) is 11.5 Å². The zero-order valence-corrected chi connectivity index (χ0v) is 25.3. The van der Waals surface area contributed by atoms with Crippen LogP contribution in [-0.4, -0.2) is 11.9 Å². The summed E-state index contributed by atoms with van der Waals surface area (Å²) in [6.07, 6.45) is 0. The number of hydrogen-bond acceptors (Lipinski definition) is 4. The van der Waals surface area contributed by atoms with E-state index < -0.39 is 11.9 Å². The SMILES string of the molecule is Cc1ccc(-c2ccc(C)cc2)cc1.Cc1ccc(OC(=O)c2ccc3cc(OC(=O)c4ccc(C)cc4)ccc3c2)cc1. The van der Waals surface area contributed by atoms with Crippen LogP contribution in [0.1, 0.15) is 43.0 Å². The normalized spacial score (nSPS) is 10.5. The van der Waals surface area contributed by atoms with Crippen molar-refractivity contribution in [2.75, 3.05) is 0 Å². The number of carbonyl (C=O) groups excluding carboxylic acids is 2. The Kier molecular flexibility index (Phi) is 9.31. The summed E-state index contributed by atoms with van der Waals surface area (Å²) < 4.78 is 10.9. The van der Waals surface area contributed by atoms with Crippen molar-refractivity contribution >= 4 is 22.7 Å². The molecule has 0 radical (unpaired) electrons. The average Bonchev–Trinajstić information content (AvgIpc) is 3.03. The van der Waals surface area contributed by atoms with Crippen LogP contribution in [0.15, 0.2) is 133 Å². The van der Waals surface area contributed by atoms with Gasteiger partial charge in [0.25, 0.3) is 0 Å². The fourth-order valence-electron chi connectivity index (χ4n) is 4.53. The third-order valence-corrected chi connectivity index (χ3v) is 7.21. The number of ether oxygens (including phenoxy) is 2. The molecule has 6 aromatic rings. The number of fused-ring (bicyclic) bond motifs is 1. The molecular formula is C40H34O4. The molecule has 0 N–H and O–H groups in total. The molecule has 0 saturated carbocycles. The minimum absolute atomic E-state index is 0.410. The molecule has 0 atom stereocenters. The smallest absolute Gasteiger partial charge is 0.343 e. The summed E-state index contributed by atoms with van der Waals surface area (Å²) >= 11 is 0. The molecule has 0 bridgehead atoms. The summed E-state index contributed by atoms with van der Waals surface area (Å²) in [7, 11) is 0. The Morgan fingerprint density at radius 3 is 1.30 bits per heavy atom. The van der Waals surface area contributed by atoms with E-state index in [1.807, 2.05) is 50.2 Å². The second-order valence-electron chi connectivity index (χ2n) is 10.9. The molecule has 0 saturated heterocycles. The Morgan fingerprint density at radius 2 is 0.750 bits per heavy atom. The van der Waals surface area contributed by atoms with Gasteiger partial charge >= 0.3 is 11.9 Å². The van der Waals surface area contributed by atoms with Gasteiger partial charge in [-0.2, -0.15) is 0 Å². The lowest BCUT2D eigenvalue weighted by Crippen LogP contribution is -2.09. The lowest BCUT2D eigenvalue weighted by atomic mass is 10.0. The van der Waals surface area contributed by atoms with Gasteiger partial charge in [0.2, 0.25) is 0 Å². The number of hydrogen-bond donors (Lipinski definition) is 0. The molecule has 0 unspecified atom stereocenters. The number of esters is 2. The standard InChI is InChI=1S/C26H20O4.C14H14/c1-17-3-7-19(8-4-17)25(27)30-24-14-11-20-15-22(10-9-21(20)16-24)26(28)29-23-12-5-18(2)6-13-23;1-11-3-7-13(8-4-11)14-9-5-12(2)6-10-14/h3-16H,1-2H3;3-10H,1-2H3. The zero-order valence-electron chi connectivity index (χ0n) is 25.3. The van der Waals surface area contributed by atoms with Crippen molar-refractivity contribution < 1.29 is 19.1 Å². The van der Waals surface area contributed by atoms with Gasteiger partial charge in [0, 0.05) is 0 Å². The van der Waals surface area contributed by atoms with Crippen LogP contribution in [0, 0.1) is 27.7 Å². The first-order valence-electron chi connectivity index (χ1n) is 14.5. The maximum Gasteiger partial charge on any atom is 0.343 e. The van der Waals surface area contributed by atoms with E-state index in [4.69, 9.17) is 9.47 Å². The predicted molar refractivity (Wildman–Crippen MR) is 178 cm³/mol. The maximum atomic E-state index is 12.4. The van der Waals surface area contributed by atoms with E-state index in [1.165, 1.54) is 22.3 Å². The number of carbonyl (C=O) groups is 2. The molecule has 6 aromatic carbocycles. The van der Waals surface area contributed by atoms with E-state index >= 15 is 0 Å². The molecule has 4 heteroatoms. The highest BCUT2D eigenvalue weighted by atomic mass is 16.5. The van der Waals surface area contributed by atoms with Crippen LogP contribution in [0.2, 0.25) is 0 Å². The van der Waals surface area contributed by atoms with Gasteiger partial charge in [0.05, 0.1) is 11.1 Å². The predicted octanol–water partition coefficient (Wildman–Crippen LogP) is 9.87. The average molecular weight is 579 g/mol. The highest BCUT2D eigenvalue weighted by Crippen LogP contribution is 2.24. The lowest BCUT2D eigenvalue weighted by Gasteiger charge is -2.08. The Hall–Kier alpha value is -5.48. The van der Waals surface area contributed by atoms with Crippen LogP contribution in [-0.2, 0) is 0 Å². The third-order valence-electron chi connectivity index (χ3n) is 7.21. The summed E-state index contributed by atoms with van der Waals surface area (Å²) in [4.78, 5) is 24.8. The Morgan fingerprint density at radius 1 is 0.386 bits per heavy atom. The fraction of sp³-hybridized carbons (Fsp3) is 0.100. The van der Waals surface area contributed by atoms with Gasteiger partial charge in [-0.1, -0.05) is 107 Å². The molecule has 44 heavy (non-hydrogen) atoms. The van der Waals surface area contributed by atoms with Crippen molar-refractivity contribution in [2.24, 2.45) is 0 Å². The monoisotopic (exact) mass is 578 g/mol. The Bertz CT molecular complexity index is 1840. The molecule has 218 valence electrons. The summed E-state index contributed by atoms with van der Waals surface area (Å²) in [6, 6.07) is 42.4. The van der Waals surface area contributed by atoms with E-state index in [-0.39, 0.29) is 0 Å². The summed E-state index contributed by atoms with van der Waals surface area (Å²) in [5.74, 6) is 0.121. The van der Waals surface area contributed by atoms with Gasteiger partial charge in [-0.25, -0.2) is 9.59 Å². The van der Waals surface area contributed by atoms with Crippen molar-refractivity contribution in [3.05, 3.63) is 167 Å². The van der Waals surface area contributed by atoms with Crippen LogP contribution in [0.25, 0.3) is 21.9 Å². The molecule has 4 nitrogen and oxygen atoms in total. The fourth-order valence-corrected chi connectivity index (χ4v) is 4.53. The van der Waals surface area contributed by atoms with Crippen molar-refractivity contribution in [3.63, 3.8) is 0 Å². The molecule has 0 heterocycles. The van der Waals surface area contributed by atoms with Crippen LogP contribution in [0.4, 0.5) is 0 Å². The highest BCUT2D eigenvalue weighted by Gasteiger charge is 2.12. The first-order valence-corrected chi connectivity index (χ1v) is 14.5. The second-order valence-corrected chi connectivity index (χ2v) is 10.9. The lowest BCUT2D eigenvalue weighted by molar-refractivity contribution is 0.0725. The van der Waals surface area contributed by atoms with Gasteiger partial charge in [-0.05, 0) is 98.1 Å². The Balaban J connectivity index is 0.000000229. The van der Waals surface area contributed by atoms with Crippen LogP contribution in [0.5, 0.6) is 11.5 Å². The summed E-state index contributed by atoms with van der Waals surface area (Å²) in [5.41, 5.74) is 8.31. The first kappa shape index (κ1) is 30.0. The van der Waals surface area contributed by atoms with Crippen molar-refractivity contribution in [2.45, 2.75) is 27.7 Å². The molecular weight excluding hydrogens is 544 g/mol. The van der Waals surface area contributed by atoms with Crippen molar-refractivity contribution in [1.29, 1.82) is 0 Å². The van der Waals surface area contributed by atoms with E-state index in [0.29, 0.717) is 22.6 Å².